The molecule has 2 heterocycles. The molecule has 1 aromatic heterocycles. The molecule has 1 aromatic carbocycles. The van der Waals surface area contributed by atoms with Gasteiger partial charge in [0.15, 0.2) is 5.96 Å². The van der Waals surface area contributed by atoms with E-state index in [1.165, 1.54) is 16.8 Å². The van der Waals surface area contributed by atoms with Crippen LogP contribution in [0.2, 0.25) is 0 Å². The molecule has 8 nitrogen and oxygen atoms in total. The highest BCUT2D eigenvalue weighted by molar-refractivity contribution is 5.79. The number of nitrogen functional groups attached to an aromatic ring is 1. The summed E-state index contributed by atoms with van der Waals surface area (Å²) in [6.45, 7) is 3.22. The van der Waals surface area contributed by atoms with Gasteiger partial charge in [0.25, 0.3) is 0 Å². The Morgan fingerprint density at radius 3 is 2.87 bits per heavy atom. The number of halogens is 1. The average Bonchev–Trinajstić information content (AvgIpc) is 3.36. The average molecular weight is 414 g/mol. The second-order valence-corrected chi connectivity index (χ2v) is 7.39. The summed E-state index contributed by atoms with van der Waals surface area (Å²) in [5, 5.41) is 17.3. The molecule has 3 rings (SSSR count). The van der Waals surface area contributed by atoms with Crippen LogP contribution < -0.4 is 11.1 Å². The SMILES string of the molecule is CN=C(NCCCc1nn(-c2ccc(F)cc2)c(N)c1C#N)N(C)CC1CCOC1. The Morgan fingerprint density at radius 1 is 1.47 bits per heavy atom. The van der Waals surface area contributed by atoms with Crippen molar-refractivity contribution >= 4 is 11.8 Å². The van der Waals surface area contributed by atoms with Crippen LogP contribution in [0.1, 0.15) is 24.1 Å². The molecule has 0 aliphatic carbocycles. The van der Waals surface area contributed by atoms with E-state index in [0.717, 1.165) is 38.6 Å². The van der Waals surface area contributed by atoms with Crippen molar-refractivity contribution < 1.29 is 9.13 Å². The predicted octanol–water partition coefficient (Wildman–Crippen LogP) is 1.94. The van der Waals surface area contributed by atoms with Crippen molar-refractivity contribution in [3.63, 3.8) is 0 Å². The minimum atomic E-state index is -0.338. The Bertz CT molecular complexity index is 911. The number of nitrogens with two attached hydrogens (primary N) is 1. The van der Waals surface area contributed by atoms with Crippen molar-refractivity contribution in [2.45, 2.75) is 19.3 Å². The third-order valence-electron chi connectivity index (χ3n) is 5.18. The van der Waals surface area contributed by atoms with Gasteiger partial charge >= 0.3 is 0 Å². The highest BCUT2D eigenvalue weighted by Crippen LogP contribution is 2.21. The molecule has 0 amide bonds. The van der Waals surface area contributed by atoms with Crippen LogP contribution in [-0.4, -0.2) is 61.0 Å². The van der Waals surface area contributed by atoms with Crippen LogP contribution in [0.4, 0.5) is 10.2 Å². The van der Waals surface area contributed by atoms with E-state index in [9.17, 15) is 9.65 Å². The first-order valence-corrected chi connectivity index (χ1v) is 10.1. The zero-order valence-corrected chi connectivity index (χ0v) is 17.4. The molecule has 1 aliphatic rings. The van der Waals surface area contributed by atoms with Gasteiger partial charge in [-0.25, -0.2) is 9.07 Å². The number of hydrogen-bond acceptors (Lipinski definition) is 5. The molecule has 1 atom stereocenters. The van der Waals surface area contributed by atoms with Crippen molar-refractivity contribution in [3.8, 4) is 11.8 Å². The normalized spacial score (nSPS) is 16.5. The van der Waals surface area contributed by atoms with Crippen molar-refractivity contribution in [2.24, 2.45) is 10.9 Å². The lowest BCUT2D eigenvalue weighted by Crippen LogP contribution is -2.41. The van der Waals surface area contributed by atoms with Gasteiger partial charge in [-0.1, -0.05) is 0 Å². The molecular formula is C21H28FN7O. The molecule has 160 valence electrons. The van der Waals surface area contributed by atoms with Crippen LogP contribution in [-0.2, 0) is 11.2 Å². The summed E-state index contributed by atoms with van der Waals surface area (Å²) in [5.74, 6) is 1.29. The van der Waals surface area contributed by atoms with Crippen LogP contribution in [0.15, 0.2) is 29.3 Å². The maximum atomic E-state index is 13.2. The Balaban J connectivity index is 1.57. The molecule has 1 aliphatic heterocycles. The molecule has 9 heteroatoms. The summed E-state index contributed by atoms with van der Waals surface area (Å²) in [7, 11) is 3.79. The molecule has 30 heavy (non-hydrogen) atoms. The number of ether oxygens (including phenoxy) is 1. The van der Waals surface area contributed by atoms with E-state index in [0.29, 0.717) is 35.8 Å². The number of aryl methyl sites for hydroxylation is 1. The van der Waals surface area contributed by atoms with E-state index in [1.807, 2.05) is 7.05 Å². The number of anilines is 1. The van der Waals surface area contributed by atoms with Gasteiger partial charge in [0.2, 0.25) is 0 Å². The van der Waals surface area contributed by atoms with Gasteiger partial charge in [0.05, 0.1) is 18.0 Å². The lowest BCUT2D eigenvalue weighted by atomic mass is 10.1. The summed E-state index contributed by atoms with van der Waals surface area (Å²) in [4.78, 5) is 6.45. The molecule has 0 saturated carbocycles. The topological polar surface area (TPSA) is 104 Å². The van der Waals surface area contributed by atoms with Gasteiger partial charge in [-0.2, -0.15) is 10.4 Å². The maximum Gasteiger partial charge on any atom is 0.193 e. The largest absolute Gasteiger partial charge is 0.382 e. The first-order chi connectivity index (χ1) is 14.5. The molecule has 1 unspecified atom stereocenters. The minimum Gasteiger partial charge on any atom is -0.382 e. The minimum absolute atomic E-state index is 0.265. The van der Waals surface area contributed by atoms with E-state index < -0.39 is 0 Å². The number of hydrogen-bond donors (Lipinski definition) is 2. The van der Waals surface area contributed by atoms with Crippen molar-refractivity contribution in [3.05, 3.63) is 41.3 Å². The standard InChI is InChI=1S/C21H28FN7O/c1-25-21(28(2)13-15-9-11-30-14-15)26-10-3-4-19-18(12-23)20(24)29(27-19)17-7-5-16(22)6-8-17/h5-8,15H,3-4,9-11,13-14,24H2,1-2H3,(H,25,26). The first kappa shape index (κ1) is 21.6. The van der Waals surface area contributed by atoms with Crippen molar-refractivity contribution in [1.82, 2.24) is 20.0 Å². The zero-order valence-electron chi connectivity index (χ0n) is 17.4. The van der Waals surface area contributed by atoms with Crippen LogP contribution in [0, 0.1) is 23.1 Å². The number of nitriles is 1. The van der Waals surface area contributed by atoms with Crippen molar-refractivity contribution in [2.75, 3.05) is 46.1 Å². The Labute approximate surface area is 176 Å². The Hall–Kier alpha value is -3.12. The fourth-order valence-electron chi connectivity index (χ4n) is 3.60. The third-order valence-corrected chi connectivity index (χ3v) is 5.18. The summed E-state index contributed by atoms with van der Waals surface area (Å²) < 4.78 is 20.1. The molecule has 1 fully saturated rings. The van der Waals surface area contributed by atoms with Crippen LogP contribution in [0.3, 0.4) is 0 Å². The highest BCUT2D eigenvalue weighted by Gasteiger charge is 2.19. The third kappa shape index (κ3) is 5.07. The molecule has 3 N–H and O–H groups in total. The second kappa shape index (κ2) is 10.1. The smallest absolute Gasteiger partial charge is 0.193 e. The second-order valence-electron chi connectivity index (χ2n) is 7.39. The lowest BCUT2D eigenvalue weighted by molar-refractivity contribution is 0.181. The molecule has 2 aromatic rings. The Morgan fingerprint density at radius 2 is 2.23 bits per heavy atom. The van der Waals surface area contributed by atoms with Gasteiger partial charge < -0.3 is 20.7 Å². The van der Waals surface area contributed by atoms with Gasteiger partial charge in [-0.05, 0) is 43.5 Å². The van der Waals surface area contributed by atoms with Gasteiger partial charge in [-0.3, -0.25) is 4.99 Å². The number of nitrogens with one attached hydrogen (secondary N) is 1. The lowest BCUT2D eigenvalue weighted by Gasteiger charge is -2.24. The molecule has 0 radical (unpaired) electrons. The highest BCUT2D eigenvalue weighted by atomic mass is 19.1. The number of aliphatic imine (C=N–C) groups is 1. The number of rotatable bonds is 7. The van der Waals surface area contributed by atoms with Crippen LogP contribution in [0.25, 0.3) is 5.69 Å². The van der Waals surface area contributed by atoms with Gasteiger partial charge in [-0.15, -0.1) is 0 Å². The van der Waals surface area contributed by atoms with Gasteiger partial charge in [0.1, 0.15) is 23.3 Å². The first-order valence-electron chi connectivity index (χ1n) is 10.1. The van der Waals surface area contributed by atoms with E-state index in [-0.39, 0.29) is 11.6 Å². The number of nitrogens with zero attached hydrogens (tertiary/aromatic N) is 5. The van der Waals surface area contributed by atoms with E-state index in [1.54, 1.807) is 19.2 Å². The molecule has 0 bridgehead atoms. The predicted molar refractivity (Wildman–Crippen MR) is 114 cm³/mol. The van der Waals surface area contributed by atoms with Crippen LogP contribution in [0.5, 0.6) is 0 Å². The summed E-state index contributed by atoms with van der Waals surface area (Å²) in [6.07, 6.45) is 2.43. The fourth-order valence-corrected chi connectivity index (χ4v) is 3.60. The van der Waals surface area contributed by atoms with Crippen LogP contribution >= 0.6 is 0 Å². The summed E-state index contributed by atoms with van der Waals surface area (Å²) in [5.41, 5.74) is 7.72. The molecular weight excluding hydrogens is 385 g/mol. The number of benzene rings is 1. The fraction of sp³-hybridized carbons (Fsp3) is 0.476. The van der Waals surface area contributed by atoms with Gasteiger partial charge in [0, 0.05) is 39.7 Å². The van der Waals surface area contributed by atoms with E-state index in [2.05, 4.69) is 26.4 Å². The maximum absolute atomic E-state index is 13.2. The molecule has 1 saturated heterocycles. The molecule has 0 spiro atoms. The monoisotopic (exact) mass is 413 g/mol. The number of aromatic nitrogens is 2. The number of guanidine groups is 1. The van der Waals surface area contributed by atoms with E-state index >= 15 is 0 Å². The Kier molecular flexibility index (Phi) is 7.25. The summed E-state index contributed by atoms with van der Waals surface area (Å²) in [6, 6.07) is 7.98. The summed E-state index contributed by atoms with van der Waals surface area (Å²) >= 11 is 0. The van der Waals surface area contributed by atoms with Crippen molar-refractivity contribution in [1.29, 1.82) is 5.26 Å². The zero-order chi connectivity index (χ0) is 21.5. The van der Waals surface area contributed by atoms with E-state index in [4.69, 9.17) is 10.5 Å². The quantitative estimate of drug-likeness (QED) is 0.408.